The van der Waals surface area contributed by atoms with Crippen LogP contribution < -0.4 is 10.2 Å². The van der Waals surface area contributed by atoms with Crippen LogP contribution in [0.4, 0.5) is 5.82 Å². The topological polar surface area (TPSA) is 41.1 Å². The molecule has 0 saturated heterocycles. The summed E-state index contributed by atoms with van der Waals surface area (Å²) in [5.41, 5.74) is 0.964. The molecule has 0 saturated carbocycles. The smallest absolute Gasteiger partial charge is 0.146 e. The molecule has 0 unspecified atom stereocenters. The Morgan fingerprint density at radius 1 is 1.44 bits per heavy atom. The maximum absolute atomic E-state index is 4.37. The Kier molecular flexibility index (Phi) is 5.50. The molecule has 4 nitrogen and oxygen atoms in total. The van der Waals surface area contributed by atoms with E-state index >= 15 is 0 Å². The van der Waals surface area contributed by atoms with Crippen molar-refractivity contribution in [3.63, 3.8) is 0 Å². The normalized spacial score (nSPS) is 10.1. The van der Waals surface area contributed by atoms with Crippen LogP contribution in [0.2, 0.25) is 0 Å². The SMILES string of the molecule is C=CCCCN(C)c1cnc(CNC)cn1. The first-order chi connectivity index (χ1) is 7.77. The van der Waals surface area contributed by atoms with Gasteiger partial charge in [-0.15, -0.1) is 6.58 Å². The van der Waals surface area contributed by atoms with Crippen LogP contribution in [0.1, 0.15) is 18.5 Å². The molecule has 0 aromatic carbocycles. The number of unbranched alkanes of at least 4 members (excludes halogenated alkanes) is 1. The summed E-state index contributed by atoms with van der Waals surface area (Å²) in [5, 5.41) is 3.05. The molecule has 0 bridgehead atoms. The van der Waals surface area contributed by atoms with Crippen molar-refractivity contribution in [2.75, 3.05) is 25.5 Å². The van der Waals surface area contributed by atoms with E-state index in [1.165, 1.54) is 0 Å². The van der Waals surface area contributed by atoms with E-state index in [9.17, 15) is 0 Å². The lowest BCUT2D eigenvalue weighted by Gasteiger charge is -2.17. The van der Waals surface area contributed by atoms with Gasteiger partial charge in [-0.05, 0) is 19.9 Å². The van der Waals surface area contributed by atoms with Crippen molar-refractivity contribution in [3.8, 4) is 0 Å². The van der Waals surface area contributed by atoms with E-state index < -0.39 is 0 Å². The summed E-state index contributed by atoms with van der Waals surface area (Å²) in [6.45, 7) is 5.44. The van der Waals surface area contributed by atoms with Crippen molar-refractivity contribution < 1.29 is 0 Å². The Morgan fingerprint density at radius 2 is 2.25 bits per heavy atom. The van der Waals surface area contributed by atoms with Gasteiger partial charge in [0.15, 0.2) is 0 Å². The van der Waals surface area contributed by atoms with Crippen LogP contribution in [-0.4, -0.2) is 30.6 Å². The minimum atomic E-state index is 0.757. The largest absolute Gasteiger partial charge is 0.358 e. The fourth-order valence-electron chi connectivity index (χ4n) is 1.40. The minimum Gasteiger partial charge on any atom is -0.358 e. The number of anilines is 1. The average Bonchev–Trinajstić information content (AvgIpc) is 2.30. The number of nitrogens with zero attached hydrogens (tertiary/aromatic N) is 3. The Balaban J connectivity index is 2.48. The summed E-state index contributed by atoms with van der Waals surface area (Å²) in [7, 11) is 3.93. The van der Waals surface area contributed by atoms with Crippen molar-refractivity contribution in [3.05, 3.63) is 30.7 Å². The number of allylic oxidation sites excluding steroid dienone is 1. The molecule has 0 aliphatic carbocycles. The molecule has 88 valence electrons. The third-order valence-corrected chi connectivity index (χ3v) is 2.34. The van der Waals surface area contributed by atoms with Crippen LogP contribution in [0.15, 0.2) is 25.0 Å². The Hall–Kier alpha value is -1.42. The van der Waals surface area contributed by atoms with Crippen molar-refractivity contribution >= 4 is 5.82 Å². The summed E-state index contributed by atoms with van der Waals surface area (Å²) in [6, 6.07) is 0. The highest BCUT2D eigenvalue weighted by atomic mass is 15.2. The minimum absolute atomic E-state index is 0.757. The second-order valence-electron chi connectivity index (χ2n) is 3.75. The number of nitrogens with one attached hydrogen (secondary N) is 1. The monoisotopic (exact) mass is 220 g/mol. The van der Waals surface area contributed by atoms with Crippen molar-refractivity contribution in [1.82, 2.24) is 15.3 Å². The van der Waals surface area contributed by atoms with E-state index in [1.807, 2.05) is 32.6 Å². The molecule has 1 aromatic heterocycles. The molecule has 1 heterocycles. The van der Waals surface area contributed by atoms with Crippen LogP contribution in [0.25, 0.3) is 0 Å². The van der Waals surface area contributed by atoms with E-state index in [4.69, 9.17) is 0 Å². The number of hydrogen-bond acceptors (Lipinski definition) is 4. The van der Waals surface area contributed by atoms with Crippen molar-refractivity contribution in [1.29, 1.82) is 0 Å². The van der Waals surface area contributed by atoms with Gasteiger partial charge in [-0.3, -0.25) is 4.98 Å². The van der Waals surface area contributed by atoms with Crippen LogP contribution in [0.3, 0.4) is 0 Å². The first-order valence-electron chi connectivity index (χ1n) is 5.55. The van der Waals surface area contributed by atoms with Gasteiger partial charge in [0.1, 0.15) is 5.82 Å². The Labute approximate surface area is 97.4 Å². The molecular weight excluding hydrogens is 200 g/mol. The Morgan fingerprint density at radius 3 is 2.81 bits per heavy atom. The lowest BCUT2D eigenvalue weighted by atomic mass is 10.3. The molecule has 1 N–H and O–H groups in total. The Bertz CT molecular complexity index is 307. The summed E-state index contributed by atoms with van der Waals surface area (Å²) in [4.78, 5) is 10.8. The summed E-state index contributed by atoms with van der Waals surface area (Å²) in [6.07, 6.45) is 7.71. The van der Waals surface area contributed by atoms with E-state index in [0.717, 1.165) is 37.4 Å². The van der Waals surface area contributed by atoms with Crippen molar-refractivity contribution in [2.45, 2.75) is 19.4 Å². The lowest BCUT2D eigenvalue weighted by Crippen LogP contribution is -2.20. The molecule has 1 aromatic rings. The van der Waals surface area contributed by atoms with Crippen LogP contribution in [-0.2, 0) is 6.54 Å². The third-order valence-electron chi connectivity index (χ3n) is 2.34. The summed E-state index contributed by atoms with van der Waals surface area (Å²) in [5.74, 6) is 0.920. The van der Waals surface area contributed by atoms with E-state index in [-0.39, 0.29) is 0 Å². The third kappa shape index (κ3) is 3.98. The zero-order chi connectivity index (χ0) is 11.8. The van der Waals surface area contributed by atoms with Gasteiger partial charge in [-0.1, -0.05) is 6.08 Å². The van der Waals surface area contributed by atoms with Gasteiger partial charge in [-0.25, -0.2) is 4.98 Å². The zero-order valence-corrected chi connectivity index (χ0v) is 10.1. The molecule has 4 heteroatoms. The lowest BCUT2D eigenvalue weighted by molar-refractivity contribution is 0.767. The van der Waals surface area contributed by atoms with Gasteiger partial charge in [0.05, 0.1) is 18.1 Å². The fraction of sp³-hybridized carbons (Fsp3) is 0.500. The number of rotatable bonds is 7. The molecule has 16 heavy (non-hydrogen) atoms. The highest BCUT2D eigenvalue weighted by molar-refractivity contribution is 5.34. The average molecular weight is 220 g/mol. The van der Waals surface area contributed by atoms with Gasteiger partial charge in [-0.2, -0.15) is 0 Å². The molecule has 0 amide bonds. The van der Waals surface area contributed by atoms with E-state index in [2.05, 4.69) is 26.8 Å². The first-order valence-corrected chi connectivity index (χ1v) is 5.55. The second-order valence-corrected chi connectivity index (χ2v) is 3.75. The molecule has 0 atom stereocenters. The molecule has 0 fully saturated rings. The van der Waals surface area contributed by atoms with Gasteiger partial charge in [0, 0.05) is 20.1 Å². The zero-order valence-electron chi connectivity index (χ0n) is 10.1. The van der Waals surface area contributed by atoms with E-state index in [1.54, 1.807) is 0 Å². The summed E-state index contributed by atoms with van der Waals surface area (Å²) < 4.78 is 0. The summed E-state index contributed by atoms with van der Waals surface area (Å²) >= 11 is 0. The number of hydrogen-bond donors (Lipinski definition) is 1. The van der Waals surface area contributed by atoms with Crippen molar-refractivity contribution in [2.24, 2.45) is 0 Å². The van der Waals surface area contributed by atoms with Crippen LogP contribution in [0.5, 0.6) is 0 Å². The highest BCUT2D eigenvalue weighted by Crippen LogP contribution is 2.07. The molecule has 0 spiro atoms. The molecule has 0 aliphatic heterocycles. The molecule has 1 rings (SSSR count). The maximum Gasteiger partial charge on any atom is 0.146 e. The fourth-order valence-corrected chi connectivity index (χ4v) is 1.40. The molecular formula is C12H20N4. The van der Waals surface area contributed by atoms with Gasteiger partial charge < -0.3 is 10.2 Å². The predicted octanol–water partition coefficient (Wildman–Crippen LogP) is 1.60. The van der Waals surface area contributed by atoms with Crippen LogP contribution >= 0.6 is 0 Å². The second kappa shape index (κ2) is 6.95. The first kappa shape index (κ1) is 12.6. The molecule has 0 aliphatic rings. The van der Waals surface area contributed by atoms with E-state index in [0.29, 0.717) is 0 Å². The molecule has 0 radical (unpaired) electrons. The van der Waals surface area contributed by atoms with Crippen LogP contribution in [0, 0.1) is 0 Å². The highest BCUT2D eigenvalue weighted by Gasteiger charge is 2.02. The van der Waals surface area contributed by atoms with Gasteiger partial charge in [0.2, 0.25) is 0 Å². The maximum atomic E-state index is 4.37. The number of aromatic nitrogens is 2. The van der Waals surface area contributed by atoms with Gasteiger partial charge >= 0.3 is 0 Å². The standard InChI is InChI=1S/C12H20N4/c1-4-5-6-7-16(3)12-10-14-11(8-13-2)9-15-12/h4,9-10,13H,1,5-8H2,2-3H3. The quantitative estimate of drug-likeness (QED) is 0.560. The predicted molar refractivity (Wildman–Crippen MR) is 67.5 cm³/mol. The van der Waals surface area contributed by atoms with Gasteiger partial charge in [0.25, 0.3) is 0 Å².